The van der Waals surface area contributed by atoms with Gasteiger partial charge in [-0.15, -0.1) is 10.2 Å². The van der Waals surface area contributed by atoms with Crippen molar-refractivity contribution in [3.8, 4) is 0 Å². The predicted octanol–water partition coefficient (Wildman–Crippen LogP) is 2.25. The van der Waals surface area contributed by atoms with Gasteiger partial charge in [0.25, 0.3) is 0 Å². The summed E-state index contributed by atoms with van der Waals surface area (Å²) in [5.41, 5.74) is 1.07. The van der Waals surface area contributed by atoms with Crippen molar-refractivity contribution in [3.63, 3.8) is 0 Å². The molecule has 27 heavy (non-hydrogen) atoms. The molecule has 1 amide bonds. The van der Waals surface area contributed by atoms with Crippen LogP contribution in [0.5, 0.6) is 0 Å². The minimum absolute atomic E-state index is 0.0441. The Hall–Kier alpha value is -2.28. The SMILES string of the molecule is O=C(CCCc1ccc(F)cc1)N1CCCC1c1nnc2n1CCNCC2. The molecule has 0 aliphatic carbocycles. The van der Waals surface area contributed by atoms with Gasteiger partial charge in [-0.05, 0) is 43.4 Å². The van der Waals surface area contributed by atoms with Gasteiger partial charge >= 0.3 is 0 Å². The van der Waals surface area contributed by atoms with Crippen molar-refractivity contribution >= 4 is 5.91 Å². The average molecular weight is 371 g/mol. The fourth-order valence-corrected chi connectivity index (χ4v) is 4.11. The first-order valence-corrected chi connectivity index (χ1v) is 9.89. The molecule has 1 atom stereocenters. The van der Waals surface area contributed by atoms with Crippen LogP contribution in [-0.2, 0) is 24.2 Å². The summed E-state index contributed by atoms with van der Waals surface area (Å²) in [6, 6.07) is 6.57. The largest absolute Gasteiger partial charge is 0.332 e. The molecule has 1 aromatic carbocycles. The van der Waals surface area contributed by atoms with E-state index in [0.29, 0.717) is 6.42 Å². The first-order chi connectivity index (χ1) is 13.2. The van der Waals surface area contributed by atoms with Gasteiger partial charge in [-0.3, -0.25) is 4.79 Å². The van der Waals surface area contributed by atoms with E-state index in [1.54, 1.807) is 12.1 Å². The van der Waals surface area contributed by atoms with Crippen LogP contribution in [0.1, 0.15) is 48.9 Å². The Labute approximate surface area is 158 Å². The number of carbonyl (C=O) groups is 1. The number of carbonyl (C=O) groups excluding carboxylic acids is 1. The van der Waals surface area contributed by atoms with Crippen LogP contribution in [0.25, 0.3) is 0 Å². The van der Waals surface area contributed by atoms with Gasteiger partial charge in [0, 0.05) is 39.0 Å². The number of nitrogens with zero attached hydrogens (tertiary/aromatic N) is 4. The van der Waals surface area contributed by atoms with Gasteiger partial charge in [-0.1, -0.05) is 12.1 Å². The molecule has 0 radical (unpaired) electrons. The Kier molecular flexibility index (Phi) is 5.48. The number of fused-ring (bicyclic) bond motifs is 1. The van der Waals surface area contributed by atoms with Crippen LogP contribution >= 0.6 is 0 Å². The summed E-state index contributed by atoms with van der Waals surface area (Å²) in [6.07, 6.45) is 4.91. The van der Waals surface area contributed by atoms with Crippen molar-refractivity contribution in [2.24, 2.45) is 0 Å². The van der Waals surface area contributed by atoms with Crippen LogP contribution in [0.15, 0.2) is 24.3 Å². The fourth-order valence-electron chi connectivity index (χ4n) is 4.11. The fraction of sp³-hybridized carbons (Fsp3) is 0.550. The van der Waals surface area contributed by atoms with Crippen LogP contribution in [0.4, 0.5) is 4.39 Å². The smallest absolute Gasteiger partial charge is 0.223 e. The molecule has 2 aliphatic rings. The molecule has 3 heterocycles. The van der Waals surface area contributed by atoms with Gasteiger partial charge in [0.2, 0.25) is 5.91 Å². The Morgan fingerprint density at radius 1 is 1.19 bits per heavy atom. The van der Waals surface area contributed by atoms with E-state index in [1.807, 2.05) is 4.90 Å². The third-order valence-electron chi connectivity index (χ3n) is 5.53. The van der Waals surface area contributed by atoms with E-state index >= 15 is 0 Å². The number of hydrogen-bond donors (Lipinski definition) is 1. The summed E-state index contributed by atoms with van der Waals surface area (Å²) in [7, 11) is 0. The van der Waals surface area contributed by atoms with Crippen LogP contribution in [0, 0.1) is 5.82 Å². The minimum Gasteiger partial charge on any atom is -0.332 e. The maximum atomic E-state index is 13.0. The summed E-state index contributed by atoms with van der Waals surface area (Å²) in [5.74, 6) is 1.92. The lowest BCUT2D eigenvalue weighted by molar-refractivity contribution is -0.132. The molecule has 1 fully saturated rings. The first kappa shape index (κ1) is 18.1. The lowest BCUT2D eigenvalue weighted by atomic mass is 10.1. The summed E-state index contributed by atoms with van der Waals surface area (Å²) in [4.78, 5) is 14.8. The molecule has 0 saturated carbocycles. The molecule has 6 nitrogen and oxygen atoms in total. The van der Waals surface area contributed by atoms with Crippen LogP contribution in [0.2, 0.25) is 0 Å². The maximum Gasteiger partial charge on any atom is 0.223 e. The zero-order valence-electron chi connectivity index (χ0n) is 15.5. The molecular formula is C20H26FN5O. The van der Waals surface area contributed by atoms with Gasteiger partial charge < -0.3 is 14.8 Å². The minimum atomic E-state index is -0.225. The zero-order valence-corrected chi connectivity index (χ0v) is 15.5. The molecule has 1 saturated heterocycles. The Morgan fingerprint density at radius 3 is 2.89 bits per heavy atom. The second-order valence-corrected chi connectivity index (χ2v) is 7.35. The molecule has 2 aromatic rings. The number of aromatic nitrogens is 3. The molecule has 4 rings (SSSR count). The second-order valence-electron chi connectivity index (χ2n) is 7.35. The highest BCUT2D eigenvalue weighted by atomic mass is 19.1. The number of likely N-dealkylation sites (tertiary alicyclic amines) is 1. The Morgan fingerprint density at radius 2 is 2.04 bits per heavy atom. The standard InChI is InChI=1S/C20H26FN5O/c21-16-8-6-15(7-9-16)3-1-5-19(27)25-13-2-4-17(25)20-24-23-18-10-11-22-12-14-26(18)20/h6-9,17,22H,1-5,10-14H2. The van der Waals surface area contributed by atoms with E-state index in [2.05, 4.69) is 20.1 Å². The van der Waals surface area contributed by atoms with Crippen molar-refractivity contribution in [1.82, 2.24) is 25.0 Å². The molecule has 7 heteroatoms. The third-order valence-corrected chi connectivity index (χ3v) is 5.53. The summed E-state index contributed by atoms with van der Waals surface area (Å²) >= 11 is 0. The predicted molar refractivity (Wildman–Crippen MR) is 99.6 cm³/mol. The number of benzene rings is 1. The number of amides is 1. The van der Waals surface area contributed by atoms with Crippen LogP contribution in [0.3, 0.4) is 0 Å². The monoisotopic (exact) mass is 371 g/mol. The van der Waals surface area contributed by atoms with E-state index in [1.165, 1.54) is 12.1 Å². The number of aryl methyl sites for hydroxylation is 1. The number of rotatable bonds is 5. The van der Waals surface area contributed by atoms with E-state index in [0.717, 1.165) is 75.5 Å². The molecule has 0 spiro atoms. The number of halogens is 1. The highest BCUT2D eigenvalue weighted by Gasteiger charge is 2.34. The second kappa shape index (κ2) is 8.17. The van der Waals surface area contributed by atoms with E-state index in [9.17, 15) is 9.18 Å². The van der Waals surface area contributed by atoms with Crippen LogP contribution in [-0.4, -0.2) is 45.2 Å². The van der Waals surface area contributed by atoms with Gasteiger partial charge in [-0.25, -0.2) is 4.39 Å². The van der Waals surface area contributed by atoms with Gasteiger partial charge in [0.1, 0.15) is 11.6 Å². The molecule has 1 unspecified atom stereocenters. The van der Waals surface area contributed by atoms with Crippen molar-refractivity contribution in [2.45, 2.75) is 51.1 Å². The highest BCUT2D eigenvalue weighted by Crippen LogP contribution is 2.32. The number of nitrogens with one attached hydrogen (secondary N) is 1. The summed E-state index contributed by atoms with van der Waals surface area (Å²) in [5, 5.41) is 12.2. The van der Waals surface area contributed by atoms with Crippen molar-refractivity contribution in [2.75, 3.05) is 19.6 Å². The molecule has 144 valence electrons. The van der Waals surface area contributed by atoms with Crippen molar-refractivity contribution in [3.05, 3.63) is 47.3 Å². The van der Waals surface area contributed by atoms with Crippen LogP contribution < -0.4 is 5.32 Å². The molecule has 1 aromatic heterocycles. The molecular weight excluding hydrogens is 345 g/mol. The third kappa shape index (κ3) is 4.03. The first-order valence-electron chi connectivity index (χ1n) is 9.89. The van der Waals surface area contributed by atoms with Crippen molar-refractivity contribution in [1.29, 1.82) is 0 Å². The lowest BCUT2D eigenvalue weighted by Gasteiger charge is -2.24. The van der Waals surface area contributed by atoms with E-state index < -0.39 is 0 Å². The topological polar surface area (TPSA) is 63.1 Å². The normalized spacial score (nSPS) is 19.7. The zero-order chi connectivity index (χ0) is 18.6. The van der Waals surface area contributed by atoms with E-state index in [-0.39, 0.29) is 17.8 Å². The molecule has 1 N–H and O–H groups in total. The van der Waals surface area contributed by atoms with Gasteiger partial charge in [0.05, 0.1) is 6.04 Å². The average Bonchev–Trinajstić information content (AvgIpc) is 3.24. The number of hydrogen-bond acceptors (Lipinski definition) is 4. The summed E-state index contributed by atoms with van der Waals surface area (Å²) in [6.45, 7) is 3.49. The molecule has 0 bridgehead atoms. The van der Waals surface area contributed by atoms with E-state index in [4.69, 9.17) is 0 Å². The maximum absolute atomic E-state index is 13.0. The van der Waals surface area contributed by atoms with Gasteiger partial charge in [-0.2, -0.15) is 0 Å². The Bertz CT molecular complexity index is 788. The quantitative estimate of drug-likeness (QED) is 0.876. The van der Waals surface area contributed by atoms with Crippen molar-refractivity contribution < 1.29 is 9.18 Å². The van der Waals surface area contributed by atoms with Gasteiger partial charge in [0.15, 0.2) is 5.82 Å². The lowest BCUT2D eigenvalue weighted by Crippen LogP contribution is -2.32. The highest BCUT2D eigenvalue weighted by molar-refractivity contribution is 5.76. The molecule has 2 aliphatic heterocycles. The summed E-state index contributed by atoms with van der Waals surface area (Å²) < 4.78 is 15.2. The Balaban J connectivity index is 1.38.